The Morgan fingerprint density at radius 1 is 1.18 bits per heavy atom. The summed E-state index contributed by atoms with van der Waals surface area (Å²) in [6.45, 7) is -0.132. The summed E-state index contributed by atoms with van der Waals surface area (Å²) < 4.78 is 102. The van der Waals surface area contributed by atoms with E-state index in [1.807, 2.05) is 0 Å². The Kier molecular flexibility index (Phi) is 7.67. The lowest BCUT2D eigenvalue weighted by molar-refractivity contribution is -0.158. The molecule has 1 aromatic heterocycles. The van der Waals surface area contributed by atoms with Gasteiger partial charge in [0.05, 0.1) is 32.0 Å². The number of ether oxygens (including phenoxy) is 1. The SMILES string of the molecule is C[C@H](NC(=O)COc1cc(F)ccc1Nc1ncnc2cc(N=S3(=O)CCC3)cc(C(F)F)c12)C(F)(F)F. The number of anilines is 2. The van der Waals surface area contributed by atoms with E-state index in [-0.39, 0.29) is 33.8 Å². The third kappa shape index (κ3) is 6.26. The van der Waals surface area contributed by atoms with Crippen LogP contribution in [-0.2, 0) is 14.5 Å². The minimum Gasteiger partial charge on any atom is -0.481 e. The molecule has 0 unspecified atom stereocenters. The predicted octanol–water partition coefficient (Wildman–Crippen LogP) is 5.40. The summed E-state index contributed by atoms with van der Waals surface area (Å²) in [6.07, 6.45) is -5.83. The van der Waals surface area contributed by atoms with Gasteiger partial charge >= 0.3 is 6.18 Å². The van der Waals surface area contributed by atoms with Gasteiger partial charge in [-0.05, 0) is 37.6 Å². The molecule has 1 amide bonds. The van der Waals surface area contributed by atoms with Gasteiger partial charge in [0.1, 0.15) is 29.8 Å². The van der Waals surface area contributed by atoms with Crippen LogP contribution in [0.4, 0.5) is 43.5 Å². The van der Waals surface area contributed by atoms with Crippen molar-refractivity contribution in [3.8, 4) is 5.75 Å². The van der Waals surface area contributed by atoms with Crippen molar-refractivity contribution in [2.24, 2.45) is 4.36 Å². The number of carbonyl (C=O) groups is 1. The van der Waals surface area contributed by atoms with Crippen molar-refractivity contribution >= 4 is 43.7 Å². The Hall–Kier alpha value is -3.62. The van der Waals surface area contributed by atoms with Gasteiger partial charge in [0, 0.05) is 23.1 Å². The van der Waals surface area contributed by atoms with Crippen LogP contribution in [0.2, 0.25) is 0 Å². The molecule has 1 atom stereocenters. The Morgan fingerprint density at radius 2 is 1.92 bits per heavy atom. The lowest BCUT2D eigenvalue weighted by Gasteiger charge is -2.19. The molecule has 15 heteroatoms. The molecule has 0 spiro atoms. The van der Waals surface area contributed by atoms with Crippen LogP contribution in [0, 0.1) is 5.82 Å². The fourth-order valence-corrected chi connectivity index (χ4v) is 5.01. The van der Waals surface area contributed by atoms with Crippen molar-refractivity contribution in [3.05, 3.63) is 48.0 Å². The number of nitrogens with zero attached hydrogens (tertiary/aromatic N) is 3. The van der Waals surface area contributed by atoms with E-state index < -0.39 is 52.3 Å². The van der Waals surface area contributed by atoms with Gasteiger partial charge < -0.3 is 15.4 Å². The molecule has 4 rings (SSSR count). The van der Waals surface area contributed by atoms with E-state index >= 15 is 0 Å². The van der Waals surface area contributed by atoms with Crippen LogP contribution in [0.3, 0.4) is 0 Å². The van der Waals surface area contributed by atoms with Crippen molar-refractivity contribution in [1.82, 2.24) is 15.3 Å². The normalized spacial score (nSPS) is 15.6. The molecule has 0 aliphatic carbocycles. The molecule has 2 aromatic carbocycles. The topological polar surface area (TPSA) is 106 Å². The first-order valence-corrected chi connectivity index (χ1v) is 13.0. The first-order valence-electron chi connectivity index (χ1n) is 11.2. The predicted molar refractivity (Wildman–Crippen MR) is 128 cm³/mol. The van der Waals surface area contributed by atoms with Gasteiger partial charge in [-0.2, -0.15) is 17.5 Å². The fourth-order valence-electron chi connectivity index (χ4n) is 3.56. The molecular formula is C23H21F6N5O3S. The first kappa shape index (κ1) is 27.4. The number of carbonyl (C=O) groups excluding carboxylic acids is 1. The molecule has 2 N–H and O–H groups in total. The molecule has 8 nitrogen and oxygen atoms in total. The van der Waals surface area contributed by atoms with Crippen LogP contribution in [0.15, 0.2) is 41.0 Å². The molecule has 3 aromatic rings. The van der Waals surface area contributed by atoms with Crippen LogP contribution in [-0.4, -0.2) is 50.4 Å². The average Bonchev–Trinajstić information content (AvgIpc) is 2.82. The molecule has 1 fully saturated rings. The van der Waals surface area contributed by atoms with Gasteiger partial charge in [-0.3, -0.25) is 4.79 Å². The number of rotatable bonds is 8. The maximum atomic E-state index is 14.1. The quantitative estimate of drug-likeness (QED) is 0.357. The second-order valence-electron chi connectivity index (χ2n) is 8.46. The van der Waals surface area contributed by atoms with Crippen LogP contribution < -0.4 is 15.4 Å². The minimum absolute atomic E-state index is 0.00512. The Morgan fingerprint density at radius 3 is 2.55 bits per heavy atom. The van der Waals surface area contributed by atoms with Gasteiger partial charge in [0.25, 0.3) is 12.3 Å². The zero-order valence-corrected chi connectivity index (χ0v) is 20.5. The number of benzene rings is 2. The summed E-state index contributed by atoms with van der Waals surface area (Å²) in [7, 11) is -2.48. The number of aromatic nitrogens is 2. The molecule has 1 aliphatic rings. The maximum absolute atomic E-state index is 14.1. The number of hydrogen-bond donors (Lipinski definition) is 2. The summed E-state index contributed by atoms with van der Waals surface area (Å²) in [5.41, 5.74) is -0.329. The second-order valence-corrected chi connectivity index (χ2v) is 11.0. The number of hydrogen-bond acceptors (Lipinski definition) is 7. The maximum Gasteiger partial charge on any atom is 0.408 e. The highest BCUT2D eigenvalue weighted by Crippen LogP contribution is 2.38. The van der Waals surface area contributed by atoms with E-state index in [1.165, 1.54) is 12.1 Å². The molecule has 2 heterocycles. The van der Waals surface area contributed by atoms with E-state index in [1.54, 1.807) is 5.32 Å². The highest BCUT2D eigenvalue weighted by atomic mass is 32.2. The van der Waals surface area contributed by atoms with Crippen molar-refractivity contribution < 1.29 is 40.1 Å². The van der Waals surface area contributed by atoms with Crippen LogP contribution in [0.1, 0.15) is 25.3 Å². The van der Waals surface area contributed by atoms with E-state index in [2.05, 4.69) is 19.6 Å². The number of fused-ring (bicyclic) bond motifs is 1. The van der Waals surface area contributed by atoms with Gasteiger partial charge in [-0.15, -0.1) is 0 Å². The Balaban J connectivity index is 1.65. The molecule has 1 aliphatic heterocycles. The summed E-state index contributed by atoms with van der Waals surface area (Å²) >= 11 is 0. The highest BCUT2D eigenvalue weighted by Gasteiger charge is 2.37. The summed E-state index contributed by atoms with van der Waals surface area (Å²) in [5, 5.41) is 4.37. The summed E-state index contributed by atoms with van der Waals surface area (Å²) in [6, 6.07) is 3.43. The number of amides is 1. The fraction of sp³-hybridized carbons (Fsp3) is 0.348. The van der Waals surface area contributed by atoms with Crippen molar-refractivity contribution in [1.29, 1.82) is 0 Å². The molecule has 0 bridgehead atoms. The Bertz CT molecular complexity index is 1480. The lowest BCUT2D eigenvalue weighted by atomic mass is 10.1. The van der Waals surface area contributed by atoms with Gasteiger partial charge in [0.15, 0.2) is 6.61 Å². The molecule has 0 saturated carbocycles. The van der Waals surface area contributed by atoms with Gasteiger partial charge in [-0.1, -0.05) is 0 Å². The summed E-state index contributed by atoms with van der Waals surface area (Å²) in [5.74, 6) is -1.53. The highest BCUT2D eigenvalue weighted by molar-refractivity contribution is 7.95. The monoisotopic (exact) mass is 561 g/mol. The van der Waals surface area contributed by atoms with E-state index in [0.29, 0.717) is 11.5 Å². The van der Waals surface area contributed by atoms with Crippen molar-refractivity contribution in [2.45, 2.75) is 32.0 Å². The molecular weight excluding hydrogens is 540 g/mol. The third-order valence-corrected chi connectivity index (χ3v) is 8.01. The lowest BCUT2D eigenvalue weighted by Crippen LogP contribution is -2.44. The molecule has 0 radical (unpaired) electrons. The van der Waals surface area contributed by atoms with Crippen molar-refractivity contribution in [3.63, 3.8) is 0 Å². The number of nitrogens with one attached hydrogen (secondary N) is 2. The average molecular weight is 562 g/mol. The van der Waals surface area contributed by atoms with Crippen LogP contribution in [0.5, 0.6) is 5.75 Å². The molecule has 38 heavy (non-hydrogen) atoms. The summed E-state index contributed by atoms with van der Waals surface area (Å²) in [4.78, 5) is 19.9. The zero-order chi connectivity index (χ0) is 27.7. The Labute approximate surface area is 213 Å². The van der Waals surface area contributed by atoms with Gasteiger partial charge in [0.2, 0.25) is 0 Å². The van der Waals surface area contributed by atoms with Crippen LogP contribution >= 0.6 is 0 Å². The van der Waals surface area contributed by atoms with Gasteiger partial charge in [-0.25, -0.2) is 27.3 Å². The largest absolute Gasteiger partial charge is 0.481 e. The second kappa shape index (κ2) is 10.6. The first-order chi connectivity index (χ1) is 17.8. The third-order valence-electron chi connectivity index (χ3n) is 5.61. The smallest absolute Gasteiger partial charge is 0.408 e. The minimum atomic E-state index is -4.67. The molecule has 204 valence electrons. The standard InChI is InChI=1S/C23H21F6N5O3S/c1-12(23(27,28)29)32-19(35)10-37-18-7-13(24)3-4-16(18)33-22-20-15(21(25)26)8-14(9-17(20)30-11-31-22)34-38(36)5-2-6-38/h3-4,7-9,11-12,21H,2,5-6,10H2,1H3,(H,32,35)(H,30,31,33)/t12-/m0/s1. The zero-order valence-electron chi connectivity index (χ0n) is 19.7. The van der Waals surface area contributed by atoms with E-state index in [4.69, 9.17) is 4.74 Å². The van der Waals surface area contributed by atoms with E-state index in [9.17, 15) is 35.3 Å². The van der Waals surface area contributed by atoms with E-state index in [0.717, 1.165) is 37.9 Å². The van der Waals surface area contributed by atoms with Crippen LogP contribution in [0.25, 0.3) is 10.9 Å². The van der Waals surface area contributed by atoms with Crippen molar-refractivity contribution in [2.75, 3.05) is 23.4 Å². The molecule has 1 saturated heterocycles. The number of alkyl halides is 5. The number of halogens is 6.